The standard InChI is InChI=1S/C27H29FN2O/c1-18-7-11-20(12-8-18)27(3,31)24-6-4-5-21-15-23-25(19-9-13-22(28)14-10-19)29-17-30(23)16-26(21,24)2/h7-15,17,24,31H,4-6,16H2,1-3H3/t24-,26-,27+/m0/s1. The molecular formula is C27H29FN2O. The van der Waals surface area contributed by atoms with Gasteiger partial charge in [-0.3, -0.25) is 0 Å². The number of imidazole rings is 1. The van der Waals surface area contributed by atoms with Crippen molar-refractivity contribution in [2.45, 2.75) is 52.2 Å². The molecule has 1 aromatic heterocycles. The summed E-state index contributed by atoms with van der Waals surface area (Å²) < 4.78 is 15.6. The SMILES string of the molecule is Cc1ccc([C@@](C)(O)[C@H]2CCCC3=Cc4c(-c5ccc(F)cc5)ncn4C[C@@]32C)cc1. The predicted octanol–water partition coefficient (Wildman–Crippen LogP) is 6.11. The number of rotatable bonds is 3. The van der Waals surface area contributed by atoms with Crippen LogP contribution in [0.4, 0.5) is 4.39 Å². The molecule has 2 aliphatic rings. The molecule has 0 unspecified atom stereocenters. The fraction of sp³-hybridized carbons (Fsp3) is 0.370. The topological polar surface area (TPSA) is 38.1 Å². The van der Waals surface area contributed by atoms with Gasteiger partial charge in [-0.25, -0.2) is 9.37 Å². The van der Waals surface area contributed by atoms with Gasteiger partial charge < -0.3 is 9.67 Å². The van der Waals surface area contributed by atoms with Gasteiger partial charge in [0, 0.05) is 23.4 Å². The van der Waals surface area contributed by atoms with Crippen LogP contribution in [0.5, 0.6) is 0 Å². The molecule has 2 heterocycles. The van der Waals surface area contributed by atoms with Crippen molar-refractivity contribution in [1.29, 1.82) is 0 Å². The molecule has 1 saturated carbocycles. The van der Waals surface area contributed by atoms with Gasteiger partial charge in [0.05, 0.1) is 23.3 Å². The molecule has 3 atom stereocenters. The number of benzene rings is 2. The third kappa shape index (κ3) is 3.25. The van der Waals surface area contributed by atoms with Crippen molar-refractivity contribution in [2.75, 3.05) is 0 Å². The summed E-state index contributed by atoms with van der Waals surface area (Å²) >= 11 is 0. The number of fused-ring (bicyclic) bond motifs is 2. The lowest BCUT2D eigenvalue weighted by Crippen LogP contribution is -2.48. The molecule has 1 N–H and O–H groups in total. The molecule has 5 rings (SSSR count). The Morgan fingerprint density at radius 3 is 2.55 bits per heavy atom. The summed E-state index contributed by atoms with van der Waals surface area (Å²) in [6, 6.07) is 14.8. The number of halogens is 1. The summed E-state index contributed by atoms with van der Waals surface area (Å²) in [6.45, 7) is 7.13. The minimum Gasteiger partial charge on any atom is -0.385 e. The van der Waals surface area contributed by atoms with Gasteiger partial charge in [-0.2, -0.15) is 0 Å². The Labute approximate surface area is 183 Å². The van der Waals surface area contributed by atoms with Crippen LogP contribution in [0.3, 0.4) is 0 Å². The summed E-state index contributed by atoms with van der Waals surface area (Å²) in [4.78, 5) is 4.68. The van der Waals surface area contributed by atoms with Crippen LogP contribution in [-0.2, 0) is 12.1 Å². The molecule has 4 heteroatoms. The normalized spacial score (nSPS) is 24.7. The van der Waals surface area contributed by atoms with Crippen LogP contribution in [0.1, 0.15) is 49.9 Å². The van der Waals surface area contributed by atoms with Gasteiger partial charge in [0.1, 0.15) is 5.82 Å². The third-order valence-electron chi connectivity index (χ3n) is 7.56. The number of hydrogen-bond acceptors (Lipinski definition) is 2. The summed E-state index contributed by atoms with van der Waals surface area (Å²) in [6.07, 6.45) is 7.24. The summed E-state index contributed by atoms with van der Waals surface area (Å²) in [5.41, 5.74) is 5.39. The molecule has 160 valence electrons. The average molecular weight is 417 g/mol. The Hall–Kier alpha value is -2.72. The van der Waals surface area contributed by atoms with Crippen molar-refractivity contribution in [2.24, 2.45) is 11.3 Å². The lowest BCUT2D eigenvalue weighted by atomic mass is 9.57. The van der Waals surface area contributed by atoms with Crippen LogP contribution in [0, 0.1) is 24.1 Å². The highest BCUT2D eigenvalue weighted by atomic mass is 19.1. The minimum absolute atomic E-state index is 0.104. The van der Waals surface area contributed by atoms with Crippen LogP contribution in [0.15, 0.2) is 60.4 Å². The van der Waals surface area contributed by atoms with E-state index in [-0.39, 0.29) is 17.2 Å². The monoisotopic (exact) mass is 416 g/mol. The van der Waals surface area contributed by atoms with Crippen molar-refractivity contribution in [1.82, 2.24) is 9.55 Å². The highest BCUT2D eigenvalue weighted by Gasteiger charge is 2.51. The second-order valence-corrected chi connectivity index (χ2v) is 9.66. The summed E-state index contributed by atoms with van der Waals surface area (Å²) in [5, 5.41) is 11.8. The molecule has 2 aromatic carbocycles. The number of nitrogens with zero attached hydrogens (tertiary/aromatic N) is 2. The highest BCUT2D eigenvalue weighted by molar-refractivity contribution is 5.72. The molecule has 0 bridgehead atoms. The minimum atomic E-state index is -0.917. The van der Waals surface area contributed by atoms with Crippen molar-refractivity contribution in [3.05, 3.63) is 83.1 Å². The maximum Gasteiger partial charge on any atom is 0.123 e. The van der Waals surface area contributed by atoms with Gasteiger partial charge in [-0.05, 0) is 69.0 Å². The maximum atomic E-state index is 13.4. The fourth-order valence-corrected chi connectivity index (χ4v) is 5.79. The zero-order valence-electron chi connectivity index (χ0n) is 18.4. The summed E-state index contributed by atoms with van der Waals surface area (Å²) in [5.74, 6) is -0.135. The average Bonchev–Trinajstić information content (AvgIpc) is 3.14. The van der Waals surface area contributed by atoms with Crippen LogP contribution >= 0.6 is 0 Å². The molecule has 0 radical (unpaired) electrons. The van der Waals surface area contributed by atoms with E-state index in [2.05, 4.69) is 53.7 Å². The lowest BCUT2D eigenvalue weighted by Gasteiger charge is -2.51. The molecule has 0 spiro atoms. The van der Waals surface area contributed by atoms with E-state index in [1.165, 1.54) is 23.3 Å². The van der Waals surface area contributed by atoms with E-state index in [0.717, 1.165) is 48.3 Å². The van der Waals surface area contributed by atoms with E-state index < -0.39 is 5.60 Å². The summed E-state index contributed by atoms with van der Waals surface area (Å²) in [7, 11) is 0. The van der Waals surface area contributed by atoms with E-state index >= 15 is 0 Å². The van der Waals surface area contributed by atoms with E-state index in [0.29, 0.717) is 0 Å². The van der Waals surface area contributed by atoms with Crippen LogP contribution in [0.2, 0.25) is 0 Å². The van der Waals surface area contributed by atoms with E-state index in [9.17, 15) is 9.50 Å². The molecule has 3 aromatic rings. The van der Waals surface area contributed by atoms with Crippen molar-refractivity contribution >= 4 is 6.08 Å². The molecule has 3 nitrogen and oxygen atoms in total. The van der Waals surface area contributed by atoms with Gasteiger partial charge in [0.25, 0.3) is 0 Å². The van der Waals surface area contributed by atoms with Crippen LogP contribution in [-0.4, -0.2) is 14.7 Å². The predicted molar refractivity (Wildman–Crippen MR) is 122 cm³/mol. The molecule has 1 aliphatic carbocycles. The smallest absolute Gasteiger partial charge is 0.123 e. The van der Waals surface area contributed by atoms with Gasteiger partial charge in [0.15, 0.2) is 0 Å². The van der Waals surface area contributed by atoms with Crippen LogP contribution < -0.4 is 0 Å². The van der Waals surface area contributed by atoms with Gasteiger partial charge >= 0.3 is 0 Å². The molecule has 0 saturated heterocycles. The maximum absolute atomic E-state index is 13.4. The molecule has 1 aliphatic heterocycles. The van der Waals surface area contributed by atoms with Gasteiger partial charge in [0.2, 0.25) is 0 Å². The number of aliphatic hydroxyl groups is 1. The molecular weight excluding hydrogens is 387 g/mol. The van der Waals surface area contributed by atoms with Crippen molar-refractivity contribution in [3.63, 3.8) is 0 Å². The lowest BCUT2D eigenvalue weighted by molar-refractivity contribution is -0.0713. The third-order valence-corrected chi connectivity index (χ3v) is 7.56. The van der Waals surface area contributed by atoms with Crippen molar-refractivity contribution < 1.29 is 9.50 Å². The zero-order chi connectivity index (χ0) is 21.8. The Balaban J connectivity index is 1.55. The van der Waals surface area contributed by atoms with E-state index in [1.807, 2.05) is 13.3 Å². The number of allylic oxidation sites excluding steroid dienone is 1. The molecule has 31 heavy (non-hydrogen) atoms. The second kappa shape index (κ2) is 7.16. The number of aryl methyl sites for hydroxylation is 1. The Kier molecular flexibility index (Phi) is 4.67. The largest absolute Gasteiger partial charge is 0.385 e. The first kappa shape index (κ1) is 20.2. The first-order chi connectivity index (χ1) is 14.8. The van der Waals surface area contributed by atoms with Crippen molar-refractivity contribution in [3.8, 4) is 11.3 Å². The first-order valence-corrected chi connectivity index (χ1v) is 11.1. The van der Waals surface area contributed by atoms with Crippen LogP contribution in [0.25, 0.3) is 17.3 Å². The van der Waals surface area contributed by atoms with Gasteiger partial charge in [-0.1, -0.05) is 42.3 Å². The second-order valence-electron chi connectivity index (χ2n) is 9.66. The first-order valence-electron chi connectivity index (χ1n) is 11.1. The van der Waals surface area contributed by atoms with Gasteiger partial charge in [-0.15, -0.1) is 0 Å². The number of hydrogen-bond donors (Lipinski definition) is 1. The van der Waals surface area contributed by atoms with E-state index in [4.69, 9.17) is 0 Å². The molecule has 1 fully saturated rings. The zero-order valence-corrected chi connectivity index (χ0v) is 18.4. The Morgan fingerprint density at radius 2 is 1.84 bits per heavy atom. The van der Waals surface area contributed by atoms with E-state index in [1.54, 1.807) is 12.1 Å². The quantitative estimate of drug-likeness (QED) is 0.559. The number of aromatic nitrogens is 2. The highest BCUT2D eigenvalue weighted by Crippen LogP contribution is 2.55. The molecule has 0 amide bonds. The fourth-order valence-electron chi connectivity index (χ4n) is 5.79. The Bertz CT molecular complexity index is 1140. The Morgan fingerprint density at radius 1 is 1.13 bits per heavy atom.